The van der Waals surface area contributed by atoms with Crippen molar-refractivity contribution in [2.45, 2.75) is 38.6 Å². The van der Waals surface area contributed by atoms with Gasteiger partial charge in [0.05, 0.1) is 11.0 Å². The molecule has 116 valence electrons. The Morgan fingerprint density at radius 1 is 1.33 bits per heavy atom. The molecule has 0 bridgehead atoms. The van der Waals surface area contributed by atoms with Gasteiger partial charge in [-0.25, -0.2) is 4.98 Å². The molecule has 2 rings (SSSR count). The lowest BCUT2D eigenvalue weighted by Gasteiger charge is -2.18. The van der Waals surface area contributed by atoms with Gasteiger partial charge in [-0.2, -0.15) is 0 Å². The number of ether oxygens (including phenoxy) is 1. The molecule has 0 amide bonds. The number of methoxy groups -OCH3 is 1. The molecule has 21 heavy (non-hydrogen) atoms. The maximum atomic E-state index is 5.17. The summed E-state index contributed by atoms with van der Waals surface area (Å²) in [4.78, 5) is 4.78. The molecule has 0 aliphatic rings. The summed E-state index contributed by atoms with van der Waals surface area (Å²) in [5.74, 6) is 1.15. The van der Waals surface area contributed by atoms with Crippen molar-refractivity contribution in [1.82, 2.24) is 14.9 Å². The zero-order valence-electron chi connectivity index (χ0n) is 13.4. The van der Waals surface area contributed by atoms with Crippen LogP contribution >= 0.6 is 0 Å². The summed E-state index contributed by atoms with van der Waals surface area (Å²) in [6.07, 6.45) is 4.33. The fourth-order valence-electron chi connectivity index (χ4n) is 2.70. The molecule has 2 aromatic rings. The normalized spacial score (nSPS) is 12.9. The quantitative estimate of drug-likeness (QED) is 0.721. The first-order valence-corrected chi connectivity index (χ1v) is 7.89. The van der Waals surface area contributed by atoms with Gasteiger partial charge in [-0.05, 0) is 37.9 Å². The summed E-state index contributed by atoms with van der Waals surface area (Å²) >= 11 is 0. The summed E-state index contributed by atoms with van der Waals surface area (Å²) in [5.41, 5.74) is 2.29. The lowest BCUT2D eigenvalue weighted by molar-refractivity contribution is 0.188. The van der Waals surface area contributed by atoms with Gasteiger partial charge in [0.1, 0.15) is 5.82 Å². The van der Waals surface area contributed by atoms with Crippen LogP contribution in [-0.2, 0) is 18.2 Å². The topological polar surface area (TPSA) is 39.1 Å². The van der Waals surface area contributed by atoms with Crippen LogP contribution in [0.4, 0.5) is 0 Å². The number of aromatic nitrogens is 2. The molecule has 1 aromatic carbocycles. The Morgan fingerprint density at radius 3 is 2.86 bits per heavy atom. The molecule has 4 nitrogen and oxygen atoms in total. The van der Waals surface area contributed by atoms with Crippen LogP contribution in [0, 0.1) is 0 Å². The number of para-hydroxylation sites is 2. The highest BCUT2D eigenvalue weighted by Crippen LogP contribution is 2.16. The standard InChI is InChI=1S/C17H27N3O/c1-4-11-18-14(8-7-12-21-3)13-17-19-15-9-5-6-10-16(15)20(17)2/h5-6,9-10,14,18H,4,7-8,11-13H2,1-3H3. The smallest absolute Gasteiger partial charge is 0.111 e. The predicted molar refractivity (Wildman–Crippen MR) is 87.6 cm³/mol. The van der Waals surface area contributed by atoms with E-state index < -0.39 is 0 Å². The van der Waals surface area contributed by atoms with Gasteiger partial charge in [0.2, 0.25) is 0 Å². The summed E-state index contributed by atoms with van der Waals surface area (Å²) in [6, 6.07) is 8.79. The maximum absolute atomic E-state index is 5.17. The molecule has 1 unspecified atom stereocenters. The van der Waals surface area contributed by atoms with E-state index in [0.29, 0.717) is 6.04 Å². The predicted octanol–water partition coefficient (Wildman–Crippen LogP) is 2.91. The lowest BCUT2D eigenvalue weighted by Crippen LogP contribution is -2.33. The zero-order chi connectivity index (χ0) is 15.1. The van der Waals surface area contributed by atoms with E-state index in [1.165, 1.54) is 5.52 Å². The minimum Gasteiger partial charge on any atom is -0.385 e. The number of rotatable bonds is 9. The number of nitrogens with one attached hydrogen (secondary N) is 1. The third-order valence-electron chi connectivity index (χ3n) is 3.89. The third kappa shape index (κ3) is 4.29. The number of nitrogens with zero attached hydrogens (tertiary/aromatic N) is 2. The van der Waals surface area contributed by atoms with Gasteiger partial charge < -0.3 is 14.6 Å². The Kier molecular flexibility index (Phi) is 6.21. The molecule has 0 saturated carbocycles. The van der Waals surface area contributed by atoms with Crippen LogP contribution in [0.5, 0.6) is 0 Å². The summed E-state index contributed by atoms with van der Waals surface area (Å²) < 4.78 is 7.38. The van der Waals surface area contributed by atoms with Crippen LogP contribution in [0.2, 0.25) is 0 Å². The Balaban J connectivity index is 2.07. The summed E-state index contributed by atoms with van der Waals surface area (Å²) in [7, 11) is 3.87. The van der Waals surface area contributed by atoms with Crippen LogP contribution in [0.1, 0.15) is 32.0 Å². The average Bonchev–Trinajstić information content (AvgIpc) is 2.81. The first-order valence-electron chi connectivity index (χ1n) is 7.89. The summed E-state index contributed by atoms with van der Waals surface area (Å²) in [6.45, 7) is 4.09. The van der Waals surface area contributed by atoms with Crippen LogP contribution in [0.3, 0.4) is 0 Å². The fraction of sp³-hybridized carbons (Fsp3) is 0.588. The van der Waals surface area contributed by atoms with E-state index in [1.54, 1.807) is 7.11 Å². The van der Waals surface area contributed by atoms with Crippen LogP contribution in [-0.4, -0.2) is 35.9 Å². The van der Waals surface area contributed by atoms with Gasteiger partial charge in [0.25, 0.3) is 0 Å². The van der Waals surface area contributed by atoms with Gasteiger partial charge in [0.15, 0.2) is 0 Å². The van der Waals surface area contributed by atoms with Crippen LogP contribution in [0.15, 0.2) is 24.3 Å². The molecule has 0 aliphatic carbocycles. The molecule has 0 spiro atoms. The van der Waals surface area contributed by atoms with Crippen LogP contribution in [0.25, 0.3) is 11.0 Å². The molecule has 0 radical (unpaired) electrons. The number of imidazole rings is 1. The van der Waals surface area contributed by atoms with Gasteiger partial charge >= 0.3 is 0 Å². The third-order valence-corrected chi connectivity index (χ3v) is 3.89. The molecule has 1 N–H and O–H groups in total. The van der Waals surface area contributed by atoms with Crippen molar-refractivity contribution < 1.29 is 4.74 Å². The van der Waals surface area contributed by atoms with E-state index in [9.17, 15) is 0 Å². The van der Waals surface area contributed by atoms with Crippen molar-refractivity contribution in [1.29, 1.82) is 0 Å². The second kappa shape index (κ2) is 8.15. The van der Waals surface area contributed by atoms with E-state index in [2.05, 4.69) is 42.1 Å². The monoisotopic (exact) mass is 289 g/mol. The van der Waals surface area contributed by atoms with E-state index >= 15 is 0 Å². The molecule has 0 fully saturated rings. The Hall–Kier alpha value is -1.39. The van der Waals surface area contributed by atoms with Crippen molar-refractivity contribution >= 4 is 11.0 Å². The number of benzene rings is 1. The molecule has 1 atom stereocenters. The Morgan fingerprint density at radius 2 is 2.14 bits per heavy atom. The van der Waals surface area contributed by atoms with Crippen molar-refractivity contribution in [3.63, 3.8) is 0 Å². The largest absolute Gasteiger partial charge is 0.385 e. The lowest BCUT2D eigenvalue weighted by atomic mass is 10.1. The van der Waals surface area contributed by atoms with Crippen molar-refractivity contribution in [3.8, 4) is 0 Å². The molecule has 0 aliphatic heterocycles. The second-order valence-electron chi connectivity index (χ2n) is 5.57. The Bertz CT molecular complexity index is 550. The number of hydrogen-bond acceptors (Lipinski definition) is 3. The first-order chi connectivity index (χ1) is 10.3. The minimum absolute atomic E-state index is 0.468. The molecular formula is C17H27N3O. The molecule has 0 saturated heterocycles. The number of aryl methyl sites for hydroxylation is 1. The van der Waals surface area contributed by atoms with Crippen LogP contribution < -0.4 is 5.32 Å². The fourth-order valence-corrected chi connectivity index (χ4v) is 2.70. The summed E-state index contributed by atoms with van der Waals surface area (Å²) in [5, 5.41) is 3.64. The van der Waals surface area contributed by atoms with E-state index in [0.717, 1.165) is 50.2 Å². The minimum atomic E-state index is 0.468. The van der Waals surface area contributed by atoms with Gasteiger partial charge in [-0.15, -0.1) is 0 Å². The first kappa shape index (κ1) is 16.0. The SMILES string of the molecule is CCCNC(CCCOC)Cc1nc2ccccc2n1C. The molecular weight excluding hydrogens is 262 g/mol. The highest BCUT2D eigenvalue weighted by atomic mass is 16.5. The van der Waals surface area contributed by atoms with Gasteiger partial charge in [-0.1, -0.05) is 19.1 Å². The van der Waals surface area contributed by atoms with Gasteiger partial charge in [0, 0.05) is 33.2 Å². The van der Waals surface area contributed by atoms with E-state index in [1.807, 2.05) is 6.07 Å². The highest BCUT2D eigenvalue weighted by Gasteiger charge is 2.14. The Labute approximate surface area is 127 Å². The average molecular weight is 289 g/mol. The van der Waals surface area contributed by atoms with Crippen molar-refractivity contribution in [2.24, 2.45) is 7.05 Å². The van der Waals surface area contributed by atoms with E-state index in [-0.39, 0.29) is 0 Å². The molecule has 1 heterocycles. The molecule has 4 heteroatoms. The second-order valence-corrected chi connectivity index (χ2v) is 5.57. The zero-order valence-corrected chi connectivity index (χ0v) is 13.4. The van der Waals surface area contributed by atoms with Crippen molar-refractivity contribution in [3.05, 3.63) is 30.1 Å². The molecule has 1 aromatic heterocycles. The highest BCUT2D eigenvalue weighted by molar-refractivity contribution is 5.75. The number of fused-ring (bicyclic) bond motifs is 1. The maximum Gasteiger partial charge on any atom is 0.111 e. The van der Waals surface area contributed by atoms with Gasteiger partial charge in [-0.3, -0.25) is 0 Å². The number of hydrogen-bond donors (Lipinski definition) is 1. The van der Waals surface area contributed by atoms with Crippen molar-refractivity contribution in [2.75, 3.05) is 20.3 Å². The van der Waals surface area contributed by atoms with E-state index in [4.69, 9.17) is 9.72 Å².